The smallest absolute Gasteiger partial charge is 0.434 e. The molecule has 0 aromatic carbocycles. The molecule has 0 aromatic rings. The largest absolute Gasteiger partial charge is 0.516 e. The van der Waals surface area contributed by atoms with Gasteiger partial charge < -0.3 is 20.5 Å². The van der Waals surface area contributed by atoms with Crippen LogP contribution < -0.4 is 11.1 Å². The fourth-order valence-electron chi connectivity index (χ4n) is 1.11. The highest BCUT2D eigenvalue weighted by Gasteiger charge is 2.18. The average molecular weight is 244 g/mol. The number of nitrogens with two attached hydrogens (primary N) is 1. The van der Waals surface area contributed by atoms with Crippen LogP contribution in [0.3, 0.4) is 0 Å². The lowest BCUT2D eigenvalue weighted by atomic mass is 10.1. The second-order valence-electron chi connectivity index (χ2n) is 3.60. The summed E-state index contributed by atoms with van der Waals surface area (Å²) in [6, 6.07) is 0. The van der Waals surface area contributed by atoms with E-state index in [0.29, 0.717) is 18.8 Å². The van der Waals surface area contributed by atoms with Gasteiger partial charge in [-0.3, -0.25) is 4.79 Å². The van der Waals surface area contributed by atoms with E-state index in [1.54, 1.807) is 13.8 Å². The van der Waals surface area contributed by atoms with Crippen LogP contribution in [0.2, 0.25) is 0 Å². The van der Waals surface area contributed by atoms with E-state index in [-0.39, 0.29) is 12.5 Å². The summed E-state index contributed by atoms with van der Waals surface area (Å²) in [6.07, 6.45) is 0.381. The third kappa shape index (κ3) is 8.12. The van der Waals surface area contributed by atoms with Gasteiger partial charge >= 0.3 is 12.1 Å². The fraction of sp³-hybridized carbons (Fsp3) is 0.636. The van der Waals surface area contributed by atoms with Crippen molar-refractivity contribution in [3.8, 4) is 0 Å². The van der Waals surface area contributed by atoms with Gasteiger partial charge in [-0.15, -0.1) is 0 Å². The van der Waals surface area contributed by atoms with Crippen molar-refractivity contribution in [2.45, 2.75) is 26.7 Å². The van der Waals surface area contributed by atoms with Crippen LogP contribution >= 0.6 is 0 Å². The fourth-order valence-corrected chi connectivity index (χ4v) is 1.11. The molecule has 6 heteroatoms. The number of carbonyl (C=O) groups is 2. The molecular weight excluding hydrogens is 224 g/mol. The van der Waals surface area contributed by atoms with Gasteiger partial charge in [0, 0.05) is 6.54 Å². The van der Waals surface area contributed by atoms with E-state index in [4.69, 9.17) is 5.73 Å². The standard InChI is InChI=1S/C11H20N2O4/c1-4-16-11(15)17-10(14)8(2)6-5-7-13-9(3)12/h8,13H,3-7,12H2,1-2H3/t8-/m0/s1. The molecule has 0 fully saturated rings. The van der Waals surface area contributed by atoms with E-state index in [1.165, 1.54) is 0 Å². The van der Waals surface area contributed by atoms with Crippen LogP contribution in [0.25, 0.3) is 0 Å². The Balaban J connectivity index is 3.74. The number of rotatable bonds is 7. The zero-order valence-corrected chi connectivity index (χ0v) is 10.3. The topological polar surface area (TPSA) is 90.6 Å². The van der Waals surface area contributed by atoms with Crippen LogP contribution in [-0.4, -0.2) is 25.3 Å². The SMILES string of the molecule is C=C(N)NCCC[C@H](C)C(=O)OC(=O)OCC. The summed E-state index contributed by atoms with van der Waals surface area (Å²) in [5.74, 6) is -0.533. The van der Waals surface area contributed by atoms with Gasteiger partial charge in [-0.1, -0.05) is 13.5 Å². The van der Waals surface area contributed by atoms with Crippen molar-refractivity contribution in [1.82, 2.24) is 5.32 Å². The Morgan fingerprint density at radius 3 is 2.65 bits per heavy atom. The Morgan fingerprint density at radius 2 is 2.12 bits per heavy atom. The lowest BCUT2D eigenvalue weighted by molar-refractivity contribution is -0.144. The third-order valence-electron chi connectivity index (χ3n) is 2.01. The quantitative estimate of drug-likeness (QED) is 0.396. The molecule has 0 unspecified atom stereocenters. The number of hydrogen-bond acceptors (Lipinski definition) is 6. The summed E-state index contributed by atoms with van der Waals surface area (Å²) < 4.78 is 8.97. The van der Waals surface area contributed by atoms with E-state index in [1.807, 2.05) is 0 Å². The molecule has 0 spiro atoms. The van der Waals surface area contributed by atoms with Gasteiger partial charge in [-0.25, -0.2) is 4.79 Å². The Morgan fingerprint density at radius 1 is 1.47 bits per heavy atom. The molecule has 0 rings (SSSR count). The van der Waals surface area contributed by atoms with Crippen LogP contribution in [0.5, 0.6) is 0 Å². The minimum absolute atomic E-state index is 0.184. The van der Waals surface area contributed by atoms with Gasteiger partial charge in [-0.05, 0) is 19.8 Å². The van der Waals surface area contributed by atoms with Crippen molar-refractivity contribution in [3.05, 3.63) is 12.4 Å². The van der Waals surface area contributed by atoms with Crippen LogP contribution in [0.4, 0.5) is 4.79 Å². The molecule has 17 heavy (non-hydrogen) atoms. The molecule has 0 saturated carbocycles. The summed E-state index contributed by atoms with van der Waals surface area (Å²) in [5.41, 5.74) is 5.31. The molecule has 3 N–H and O–H groups in total. The van der Waals surface area contributed by atoms with Crippen LogP contribution in [0, 0.1) is 5.92 Å². The van der Waals surface area contributed by atoms with E-state index < -0.39 is 12.1 Å². The lowest BCUT2D eigenvalue weighted by Crippen LogP contribution is -2.23. The first kappa shape index (κ1) is 15.3. The molecule has 0 saturated heterocycles. The summed E-state index contributed by atoms with van der Waals surface area (Å²) in [6.45, 7) is 7.63. The molecule has 1 atom stereocenters. The summed E-state index contributed by atoms with van der Waals surface area (Å²) in [5, 5.41) is 2.84. The molecule has 0 aliphatic carbocycles. The molecule has 0 aliphatic heterocycles. The zero-order chi connectivity index (χ0) is 13.3. The van der Waals surface area contributed by atoms with E-state index in [9.17, 15) is 9.59 Å². The molecule has 0 aliphatic rings. The van der Waals surface area contributed by atoms with Gasteiger partial charge in [-0.2, -0.15) is 0 Å². The van der Waals surface area contributed by atoms with Crippen molar-refractivity contribution < 1.29 is 19.1 Å². The second kappa shape index (κ2) is 8.43. The predicted octanol–water partition coefficient (Wildman–Crippen LogP) is 1.12. The van der Waals surface area contributed by atoms with Crippen LogP contribution in [0.15, 0.2) is 12.4 Å². The number of carbonyl (C=O) groups excluding carboxylic acids is 2. The highest BCUT2D eigenvalue weighted by molar-refractivity contribution is 5.83. The highest BCUT2D eigenvalue weighted by atomic mass is 16.7. The summed E-state index contributed by atoms with van der Waals surface area (Å²) in [4.78, 5) is 22.2. The van der Waals surface area contributed by atoms with E-state index in [2.05, 4.69) is 21.4 Å². The number of nitrogens with one attached hydrogen (secondary N) is 1. The lowest BCUT2D eigenvalue weighted by Gasteiger charge is -2.10. The first-order chi connectivity index (χ1) is 7.97. The first-order valence-corrected chi connectivity index (χ1v) is 5.54. The number of esters is 1. The van der Waals surface area contributed by atoms with Crippen molar-refractivity contribution in [2.75, 3.05) is 13.2 Å². The molecule has 0 bridgehead atoms. The number of hydrogen-bond donors (Lipinski definition) is 2. The van der Waals surface area contributed by atoms with Gasteiger partial charge in [0.1, 0.15) is 0 Å². The molecule has 0 heterocycles. The molecule has 6 nitrogen and oxygen atoms in total. The first-order valence-electron chi connectivity index (χ1n) is 5.54. The Bertz CT molecular complexity index is 279. The third-order valence-corrected chi connectivity index (χ3v) is 2.01. The maximum absolute atomic E-state index is 11.4. The van der Waals surface area contributed by atoms with Crippen LogP contribution in [0.1, 0.15) is 26.7 Å². The maximum Gasteiger partial charge on any atom is 0.516 e. The van der Waals surface area contributed by atoms with Crippen LogP contribution in [-0.2, 0) is 14.3 Å². The zero-order valence-electron chi connectivity index (χ0n) is 10.3. The summed E-state index contributed by atoms with van der Waals surface area (Å²) in [7, 11) is 0. The Labute approximate surface area is 101 Å². The van der Waals surface area contributed by atoms with Gasteiger partial charge in [0.15, 0.2) is 0 Å². The van der Waals surface area contributed by atoms with E-state index >= 15 is 0 Å². The Kier molecular flexibility index (Phi) is 7.58. The summed E-state index contributed by atoms with van der Waals surface area (Å²) >= 11 is 0. The van der Waals surface area contributed by atoms with E-state index in [0.717, 1.165) is 6.42 Å². The monoisotopic (exact) mass is 244 g/mol. The average Bonchev–Trinajstić information content (AvgIpc) is 2.23. The van der Waals surface area contributed by atoms with Gasteiger partial charge in [0.05, 0.1) is 18.3 Å². The molecule has 0 radical (unpaired) electrons. The van der Waals surface area contributed by atoms with Gasteiger partial charge in [0.2, 0.25) is 0 Å². The predicted molar refractivity (Wildman–Crippen MR) is 62.8 cm³/mol. The normalized spacial score (nSPS) is 11.4. The van der Waals surface area contributed by atoms with Crippen molar-refractivity contribution >= 4 is 12.1 Å². The molecule has 98 valence electrons. The Hall–Kier alpha value is -1.72. The minimum Gasteiger partial charge on any atom is -0.434 e. The molecule has 0 amide bonds. The minimum atomic E-state index is -0.946. The molecule has 0 aromatic heterocycles. The van der Waals surface area contributed by atoms with Crippen molar-refractivity contribution in [3.63, 3.8) is 0 Å². The number of ether oxygens (including phenoxy) is 2. The highest BCUT2D eigenvalue weighted by Crippen LogP contribution is 2.08. The molecular formula is C11H20N2O4. The van der Waals surface area contributed by atoms with Gasteiger partial charge in [0.25, 0.3) is 0 Å². The van der Waals surface area contributed by atoms with Crippen molar-refractivity contribution in [1.29, 1.82) is 0 Å². The second-order valence-corrected chi connectivity index (χ2v) is 3.60. The van der Waals surface area contributed by atoms with Crippen molar-refractivity contribution in [2.24, 2.45) is 11.7 Å². The maximum atomic E-state index is 11.4.